The third kappa shape index (κ3) is 0.446. The minimum atomic E-state index is 0.444. The van der Waals surface area contributed by atoms with E-state index in [1.165, 1.54) is 11.5 Å². The Kier molecular flexibility index (Phi) is 0.746. The minimum Gasteiger partial charge on any atom is -0.314 e. The molecule has 0 aromatic carbocycles. The molecule has 1 N–H and O–H groups in total. The summed E-state index contributed by atoms with van der Waals surface area (Å²) in [5.74, 6) is 1.68. The first kappa shape index (κ1) is 4.77. The Bertz CT molecular complexity index is 113. The SMILES string of the molecule is CC1C2CC2CN1O. The van der Waals surface area contributed by atoms with E-state index in [2.05, 4.69) is 6.92 Å². The van der Waals surface area contributed by atoms with Gasteiger partial charge in [-0.1, -0.05) is 0 Å². The monoisotopic (exact) mass is 113 g/mol. The molecule has 3 unspecified atom stereocenters. The molecule has 8 heavy (non-hydrogen) atoms. The molecule has 0 aromatic heterocycles. The summed E-state index contributed by atoms with van der Waals surface area (Å²) >= 11 is 0. The Balaban J connectivity index is 2.08. The number of hydrogen-bond donors (Lipinski definition) is 1. The van der Waals surface area contributed by atoms with Crippen molar-refractivity contribution in [2.45, 2.75) is 19.4 Å². The lowest BCUT2D eigenvalue weighted by Crippen LogP contribution is -2.26. The van der Waals surface area contributed by atoms with Gasteiger partial charge < -0.3 is 5.21 Å². The van der Waals surface area contributed by atoms with Crippen LogP contribution in [0.2, 0.25) is 0 Å². The summed E-state index contributed by atoms with van der Waals surface area (Å²) < 4.78 is 0. The van der Waals surface area contributed by atoms with Crippen LogP contribution >= 0.6 is 0 Å². The van der Waals surface area contributed by atoms with Crippen molar-refractivity contribution in [2.75, 3.05) is 6.54 Å². The molecule has 1 saturated heterocycles. The minimum absolute atomic E-state index is 0.444. The van der Waals surface area contributed by atoms with Gasteiger partial charge in [-0.05, 0) is 25.2 Å². The van der Waals surface area contributed by atoms with E-state index in [0.717, 1.165) is 18.4 Å². The lowest BCUT2D eigenvalue weighted by Gasteiger charge is -2.14. The van der Waals surface area contributed by atoms with Crippen LogP contribution in [0, 0.1) is 11.8 Å². The molecular formula is C6H11NO. The predicted octanol–water partition coefficient (Wildman–Crippen LogP) is 0.716. The summed E-state index contributed by atoms with van der Waals surface area (Å²) in [7, 11) is 0. The molecule has 2 fully saturated rings. The van der Waals surface area contributed by atoms with Gasteiger partial charge in [0.1, 0.15) is 0 Å². The second kappa shape index (κ2) is 1.25. The highest BCUT2D eigenvalue weighted by molar-refractivity contribution is 4.99. The summed E-state index contributed by atoms with van der Waals surface area (Å²) in [5, 5.41) is 10.5. The number of rotatable bonds is 0. The molecule has 2 rings (SSSR count). The lowest BCUT2D eigenvalue weighted by molar-refractivity contribution is -0.109. The fourth-order valence-electron chi connectivity index (χ4n) is 1.70. The first-order chi connectivity index (χ1) is 3.79. The smallest absolute Gasteiger partial charge is 0.0353 e. The largest absolute Gasteiger partial charge is 0.314 e. The first-order valence-corrected chi connectivity index (χ1v) is 3.24. The van der Waals surface area contributed by atoms with Crippen LogP contribution in [-0.2, 0) is 0 Å². The van der Waals surface area contributed by atoms with Crippen LogP contribution in [0.25, 0.3) is 0 Å². The van der Waals surface area contributed by atoms with Gasteiger partial charge in [0.15, 0.2) is 0 Å². The van der Waals surface area contributed by atoms with E-state index in [0.29, 0.717) is 6.04 Å². The van der Waals surface area contributed by atoms with Crippen LogP contribution in [-0.4, -0.2) is 22.9 Å². The number of piperidine rings is 1. The molecular weight excluding hydrogens is 102 g/mol. The molecule has 0 amide bonds. The van der Waals surface area contributed by atoms with Crippen molar-refractivity contribution < 1.29 is 5.21 Å². The topological polar surface area (TPSA) is 23.5 Å². The Labute approximate surface area is 49.1 Å². The Morgan fingerprint density at radius 1 is 1.62 bits per heavy atom. The zero-order valence-corrected chi connectivity index (χ0v) is 5.04. The summed E-state index contributed by atoms with van der Waals surface area (Å²) in [6, 6.07) is 0.444. The Morgan fingerprint density at radius 3 is 2.62 bits per heavy atom. The Morgan fingerprint density at radius 2 is 2.38 bits per heavy atom. The summed E-state index contributed by atoms with van der Waals surface area (Å²) in [5.41, 5.74) is 0. The van der Waals surface area contributed by atoms with Crippen molar-refractivity contribution in [1.82, 2.24) is 5.06 Å². The molecule has 1 aliphatic heterocycles. The Hall–Kier alpha value is -0.0800. The molecule has 0 bridgehead atoms. The second-order valence-corrected chi connectivity index (χ2v) is 3.02. The molecule has 1 aliphatic carbocycles. The normalized spacial score (nSPS) is 54.0. The maximum absolute atomic E-state index is 9.03. The molecule has 2 heteroatoms. The van der Waals surface area contributed by atoms with Crippen LogP contribution in [0.5, 0.6) is 0 Å². The lowest BCUT2D eigenvalue weighted by atomic mass is 10.2. The highest BCUT2D eigenvalue weighted by Crippen LogP contribution is 2.48. The fourth-order valence-corrected chi connectivity index (χ4v) is 1.70. The zero-order chi connectivity index (χ0) is 5.72. The van der Waals surface area contributed by atoms with E-state index in [4.69, 9.17) is 5.21 Å². The molecule has 46 valence electrons. The van der Waals surface area contributed by atoms with Crippen molar-refractivity contribution in [3.05, 3.63) is 0 Å². The van der Waals surface area contributed by atoms with Crippen LogP contribution in [0.4, 0.5) is 0 Å². The maximum Gasteiger partial charge on any atom is 0.0353 e. The van der Waals surface area contributed by atoms with Crippen LogP contribution in [0.15, 0.2) is 0 Å². The van der Waals surface area contributed by atoms with Gasteiger partial charge in [0.05, 0.1) is 0 Å². The molecule has 1 saturated carbocycles. The predicted molar refractivity (Wildman–Crippen MR) is 29.6 cm³/mol. The molecule has 2 aliphatic rings. The van der Waals surface area contributed by atoms with Gasteiger partial charge in [-0.2, -0.15) is 5.06 Å². The van der Waals surface area contributed by atoms with Gasteiger partial charge in [0.25, 0.3) is 0 Å². The highest BCUT2D eigenvalue weighted by Gasteiger charge is 2.50. The maximum atomic E-state index is 9.03. The average molecular weight is 113 g/mol. The van der Waals surface area contributed by atoms with Crippen molar-refractivity contribution in [2.24, 2.45) is 11.8 Å². The van der Waals surface area contributed by atoms with Crippen molar-refractivity contribution in [3.63, 3.8) is 0 Å². The van der Waals surface area contributed by atoms with E-state index in [1.807, 2.05) is 0 Å². The van der Waals surface area contributed by atoms with E-state index in [1.54, 1.807) is 0 Å². The molecule has 0 aromatic rings. The number of nitrogens with zero attached hydrogens (tertiary/aromatic N) is 1. The zero-order valence-electron chi connectivity index (χ0n) is 5.04. The van der Waals surface area contributed by atoms with Crippen molar-refractivity contribution in [1.29, 1.82) is 0 Å². The molecule has 0 radical (unpaired) electrons. The van der Waals surface area contributed by atoms with E-state index in [9.17, 15) is 0 Å². The van der Waals surface area contributed by atoms with Gasteiger partial charge in [0.2, 0.25) is 0 Å². The summed E-state index contributed by atoms with van der Waals surface area (Å²) in [6.45, 7) is 3.02. The number of hydroxylamine groups is 2. The molecule has 2 nitrogen and oxygen atoms in total. The third-order valence-corrected chi connectivity index (χ3v) is 2.49. The van der Waals surface area contributed by atoms with Gasteiger partial charge >= 0.3 is 0 Å². The van der Waals surface area contributed by atoms with Crippen molar-refractivity contribution >= 4 is 0 Å². The molecule has 0 spiro atoms. The van der Waals surface area contributed by atoms with Crippen LogP contribution in [0.1, 0.15) is 13.3 Å². The van der Waals surface area contributed by atoms with E-state index >= 15 is 0 Å². The van der Waals surface area contributed by atoms with Gasteiger partial charge in [0, 0.05) is 12.6 Å². The van der Waals surface area contributed by atoms with Crippen LogP contribution < -0.4 is 0 Å². The van der Waals surface area contributed by atoms with Gasteiger partial charge in [-0.15, -0.1) is 0 Å². The summed E-state index contributed by atoms with van der Waals surface area (Å²) in [6.07, 6.45) is 1.36. The summed E-state index contributed by atoms with van der Waals surface area (Å²) in [4.78, 5) is 0. The standard InChI is InChI=1S/C6H11NO/c1-4-6-2-5(6)3-7(4)8/h4-6,8H,2-3H2,1H3. The van der Waals surface area contributed by atoms with Crippen LogP contribution in [0.3, 0.4) is 0 Å². The first-order valence-electron chi connectivity index (χ1n) is 3.24. The van der Waals surface area contributed by atoms with Crippen molar-refractivity contribution in [3.8, 4) is 0 Å². The quantitative estimate of drug-likeness (QED) is 0.500. The number of hydrogen-bond acceptors (Lipinski definition) is 2. The fraction of sp³-hybridized carbons (Fsp3) is 1.00. The third-order valence-electron chi connectivity index (χ3n) is 2.49. The number of fused-ring (bicyclic) bond motifs is 1. The van der Waals surface area contributed by atoms with E-state index in [-0.39, 0.29) is 0 Å². The second-order valence-electron chi connectivity index (χ2n) is 3.02. The average Bonchev–Trinajstić information content (AvgIpc) is 2.39. The molecule has 3 atom stereocenters. The van der Waals surface area contributed by atoms with Gasteiger partial charge in [-0.25, -0.2) is 0 Å². The highest BCUT2D eigenvalue weighted by atomic mass is 16.5. The van der Waals surface area contributed by atoms with Gasteiger partial charge in [-0.3, -0.25) is 0 Å². The molecule has 1 heterocycles. The van der Waals surface area contributed by atoms with E-state index < -0.39 is 0 Å².